The van der Waals surface area contributed by atoms with Crippen LogP contribution in [0.15, 0.2) is 0 Å². The Balaban J connectivity index is 3.72. The predicted molar refractivity (Wildman–Crippen MR) is 52.6 cm³/mol. The van der Waals surface area contributed by atoms with Gasteiger partial charge in [-0.25, -0.2) is 4.79 Å². The van der Waals surface area contributed by atoms with Crippen LogP contribution in [0.2, 0.25) is 0 Å². The molecule has 0 bridgehead atoms. The zero-order chi connectivity index (χ0) is 9.78. The Labute approximate surface area is 82.0 Å². The summed E-state index contributed by atoms with van der Waals surface area (Å²) in [5.74, 6) is 0. The number of alkyl halides is 1. The molecule has 0 saturated heterocycles. The molecule has 0 heterocycles. The smallest absolute Gasteiger partial charge is 0.406 e. The minimum Gasteiger partial charge on any atom is -0.448 e. The highest BCUT2D eigenvalue weighted by atomic mass is 79.9. The number of halogens is 1. The fraction of sp³-hybridized carbons (Fsp3) is 0.875. The first kappa shape index (κ1) is 11.8. The first-order valence-corrected chi connectivity index (χ1v) is 4.78. The Hall–Kier alpha value is -0.250. The van der Waals surface area contributed by atoms with Crippen molar-refractivity contribution in [1.29, 1.82) is 0 Å². The lowest BCUT2D eigenvalue weighted by molar-refractivity contribution is 0.137. The molecule has 0 aromatic heterocycles. The van der Waals surface area contributed by atoms with Gasteiger partial charge in [0, 0.05) is 7.05 Å². The average molecular weight is 238 g/mol. The summed E-state index contributed by atoms with van der Waals surface area (Å²) in [5, 5.41) is 2.39. The lowest BCUT2D eigenvalue weighted by Crippen LogP contribution is -2.29. The second-order valence-electron chi connectivity index (χ2n) is 3.68. The number of hydrogen-bond acceptors (Lipinski definition) is 2. The van der Waals surface area contributed by atoms with Gasteiger partial charge in [-0.3, -0.25) is 0 Å². The highest BCUT2D eigenvalue weighted by Gasteiger charge is 2.22. The first-order chi connectivity index (χ1) is 5.38. The van der Waals surface area contributed by atoms with Crippen LogP contribution in [0.25, 0.3) is 0 Å². The van der Waals surface area contributed by atoms with Gasteiger partial charge in [0.2, 0.25) is 0 Å². The predicted octanol–water partition coefficient (Wildman–Crippen LogP) is 2.15. The summed E-state index contributed by atoms with van der Waals surface area (Å²) in [6, 6.07) is 0. The molecule has 12 heavy (non-hydrogen) atoms. The third-order valence-electron chi connectivity index (χ3n) is 1.50. The monoisotopic (exact) mass is 237 g/mol. The molecule has 0 aliphatic carbocycles. The molecule has 0 spiro atoms. The molecule has 0 aromatic carbocycles. The molecule has 1 N–H and O–H groups in total. The molecule has 1 unspecified atom stereocenters. The van der Waals surface area contributed by atoms with E-state index in [1.807, 2.05) is 0 Å². The number of hydrogen-bond donors (Lipinski definition) is 1. The van der Waals surface area contributed by atoms with Crippen LogP contribution in [0.3, 0.4) is 0 Å². The molecular weight excluding hydrogens is 222 g/mol. The molecule has 0 radical (unpaired) electrons. The number of carbonyl (C=O) groups is 1. The first-order valence-electron chi connectivity index (χ1n) is 3.86. The van der Waals surface area contributed by atoms with Gasteiger partial charge in [0.25, 0.3) is 0 Å². The summed E-state index contributed by atoms with van der Waals surface area (Å²) in [6.45, 7) is 6.64. The van der Waals surface area contributed by atoms with Gasteiger partial charge in [-0.05, 0) is 5.41 Å². The van der Waals surface area contributed by atoms with Gasteiger partial charge in [-0.2, -0.15) is 0 Å². The molecule has 72 valence electrons. The van der Waals surface area contributed by atoms with Crippen LogP contribution in [0.5, 0.6) is 0 Å². The Morgan fingerprint density at radius 3 is 2.42 bits per heavy atom. The molecule has 0 aliphatic rings. The number of alkyl carbamates (subject to hydrolysis) is 1. The number of rotatable bonds is 2. The van der Waals surface area contributed by atoms with E-state index in [1.54, 1.807) is 7.05 Å². The van der Waals surface area contributed by atoms with Crippen LogP contribution in [0, 0.1) is 5.41 Å². The summed E-state index contributed by atoms with van der Waals surface area (Å²) in [7, 11) is 1.54. The van der Waals surface area contributed by atoms with Gasteiger partial charge in [0.05, 0.1) is 4.83 Å². The third-order valence-corrected chi connectivity index (χ3v) is 3.14. The molecule has 4 heteroatoms. The van der Waals surface area contributed by atoms with Crippen molar-refractivity contribution in [2.75, 3.05) is 13.7 Å². The van der Waals surface area contributed by atoms with Crippen LogP contribution >= 0.6 is 15.9 Å². The summed E-state index contributed by atoms with van der Waals surface area (Å²) < 4.78 is 4.88. The second-order valence-corrected chi connectivity index (χ2v) is 4.79. The van der Waals surface area contributed by atoms with E-state index in [2.05, 4.69) is 42.0 Å². The highest BCUT2D eigenvalue weighted by molar-refractivity contribution is 9.09. The van der Waals surface area contributed by atoms with Crippen molar-refractivity contribution in [2.45, 2.75) is 25.6 Å². The van der Waals surface area contributed by atoms with Crippen molar-refractivity contribution in [1.82, 2.24) is 5.32 Å². The summed E-state index contributed by atoms with van der Waals surface area (Å²) in [6.07, 6.45) is -0.385. The Bertz CT molecular complexity index is 154. The van der Waals surface area contributed by atoms with Crippen molar-refractivity contribution in [2.24, 2.45) is 5.41 Å². The van der Waals surface area contributed by atoms with Crippen molar-refractivity contribution < 1.29 is 9.53 Å². The molecule has 0 aliphatic heterocycles. The van der Waals surface area contributed by atoms with E-state index in [0.717, 1.165) is 0 Å². The van der Waals surface area contributed by atoms with Crippen molar-refractivity contribution in [3.8, 4) is 0 Å². The van der Waals surface area contributed by atoms with E-state index in [-0.39, 0.29) is 16.3 Å². The van der Waals surface area contributed by atoms with E-state index >= 15 is 0 Å². The Morgan fingerprint density at radius 1 is 1.58 bits per heavy atom. The molecule has 1 amide bonds. The quantitative estimate of drug-likeness (QED) is 0.748. The SMILES string of the molecule is CNC(=O)OCC(Br)C(C)(C)C. The van der Waals surface area contributed by atoms with Crippen LogP contribution in [-0.4, -0.2) is 24.6 Å². The maximum atomic E-state index is 10.7. The topological polar surface area (TPSA) is 38.3 Å². The fourth-order valence-corrected chi connectivity index (χ4v) is 0.603. The summed E-state index contributed by atoms with van der Waals surface area (Å²) in [5.41, 5.74) is 0.105. The fourth-order valence-electron chi connectivity index (χ4n) is 0.471. The van der Waals surface area contributed by atoms with E-state index in [0.29, 0.717) is 6.61 Å². The largest absolute Gasteiger partial charge is 0.448 e. The minimum absolute atomic E-state index is 0.105. The lowest BCUT2D eigenvalue weighted by atomic mass is 9.93. The van der Waals surface area contributed by atoms with Gasteiger partial charge in [-0.1, -0.05) is 36.7 Å². The van der Waals surface area contributed by atoms with Gasteiger partial charge < -0.3 is 10.1 Å². The number of nitrogens with one attached hydrogen (secondary N) is 1. The molecular formula is C8H16BrNO2. The maximum Gasteiger partial charge on any atom is 0.406 e. The third kappa shape index (κ3) is 4.59. The average Bonchev–Trinajstić information content (AvgIpc) is 1.97. The van der Waals surface area contributed by atoms with E-state index in [9.17, 15) is 4.79 Å². The number of carbonyl (C=O) groups excluding carboxylic acids is 1. The van der Waals surface area contributed by atoms with Crippen molar-refractivity contribution in [3.63, 3.8) is 0 Å². The van der Waals surface area contributed by atoms with Crippen molar-refractivity contribution >= 4 is 22.0 Å². The second kappa shape index (κ2) is 4.70. The summed E-state index contributed by atoms with van der Waals surface area (Å²) in [4.78, 5) is 10.9. The van der Waals surface area contributed by atoms with Crippen LogP contribution < -0.4 is 5.32 Å². The van der Waals surface area contributed by atoms with Gasteiger partial charge in [0.1, 0.15) is 6.61 Å². The number of ether oxygens (including phenoxy) is 1. The van der Waals surface area contributed by atoms with Gasteiger partial charge in [-0.15, -0.1) is 0 Å². The zero-order valence-electron chi connectivity index (χ0n) is 7.98. The van der Waals surface area contributed by atoms with Gasteiger partial charge >= 0.3 is 6.09 Å². The molecule has 0 aromatic rings. The van der Waals surface area contributed by atoms with Crippen LogP contribution in [0.4, 0.5) is 4.79 Å². The van der Waals surface area contributed by atoms with E-state index < -0.39 is 0 Å². The van der Waals surface area contributed by atoms with E-state index in [1.165, 1.54) is 0 Å². The van der Waals surface area contributed by atoms with Crippen molar-refractivity contribution in [3.05, 3.63) is 0 Å². The van der Waals surface area contributed by atoms with Gasteiger partial charge in [0.15, 0.2) is 0 Å². The Morgan fingerprint density at radius 2 is 2.08 bits per heavy atom. The van der Waals surface area contributed by atoms with Crippen LogP contribution in [-0.2, 0) is 4.74 Å². The van der Waals surface area contributed by atoms with Crippen LogP contribution in [0.1, 0.15) is 20.8 Å². The number of amides is 1. The molecule has 0 fully saturated rings. The standard InChI is InChI=1S/C8H16BrNO2/c1-8(2,3)6(9)5-12-7(11)10-4/h6H,5H2,1-4H3,(H,10,11). The Kier molecular flexibility index (Phi) is 4.60. The lowest BCUT2D eigenvalue weighted by Gasteiger charge is -2.24. The zero-order valence-corrected chi connectivity index (χ0v) is 9.56. The van der Waals surface area contributed by atoms with E-state index in [4.69, 9.17) is 4.74 Å². The molecule has 1 atom stereocenters. The maximum absolute atomic E-state index is 10.7. The molecule has 3 nitrogen and oxygen atoms in total. The molecule has 0 rings (SSSR count). The minimum atomic E-state index is -0.385. The normalized spacial score (nSPS) is 13.8. The molecule has 0 saturated carbocycles. The summed E-state index contributed by atoms with van der Waals surface area (Å²) >= 11 is 3.45. The highest BCUT2D eigenvalue weighted by Crippen LogP contribution is 2.25.